The third kappa shape index (κ3) is 3.82. The van der Waals surface area contributed by atoms with Crippen molar-refractivity contribution in [3.05, 3.63) is 60.2 Å². The molecule has 4 heteroatoms. The molecule has 4 nitrogen and oxygen atoms in total. The highest BCUT2D eigenvalue weighted by Crippen LogP contribution is 2.42. The first-order valence-corrected chi connectivity index (χ1v) is 10.8. The molecular weight excluding hydrogens is 368 g/mol. The maximum Gasteiger partial charge on any atom is 0.0634 e. The van der Waals surface area contributed by atoms with Gasteiger partial charge in [-0.2, -0.15) is 0 Å². The molecule has 0 aromatic heterocycles. The van der Waals surface area contributed by atoms with Gasteiger partial charge in [-0.1, -0.05) is 56.2 Å². The summed E-state index contributed by atoms with van der Waals surface area (Å²) in [4.78, 5) is 0. The summed E-state index contributed by atoms with van der Waals surface area (Å²) in [5.41, 5.74) is 27.6. The van der Waals surface area contributed by atoms with Crippen LogP contribution in [0.2, 0.25) is 0 Å². The van der Waals surface area contributed by atoms with E-state index in [-0.39, 0.29) is 0 Å². The van der Waals surface area contributed by atoms with Crippen LogP contribution in [0.1, 0.15) is 44.1 Å². The fourth-order valence-electron chi connectivity index (χ4n) is 4.61. The standard InChI is InChI=1S/C26H32N4/c1-16-3-5-17(6-4-16)19-9-12-22(24(27)15-19)23-14-13-21(25(28)26(23)29)18-7-10-20(30-2)11-8-18/h7-17,30H,3-6,27-29H2,1-2H3. The van der Waals surface area contributed by atoms with Crippen LogP contribution < -0.4 is 22.5 Å². The number of anilines is 4. The number of benzene rings is 3. The lowest BCUT2D eigenvalue weighted by Crippen LogP contribution is -2.11. The third-order valence-electron chi connectivity index (χ3n) is 6.62. The predicted octanol–water partition coefficient (Wildman–Crippen LogP) is 6.10. The topological polar surface area (TPSA) is 90.1 Å². The molecule has 3 aromatic rings. The van der Waals surface area contributed by atoms with Gasteiger partial charge in [-0.15, -0.1) is 0 Å². The Bertz CT molecular complexity index is 1030. The van der Waals surface area contributed by atoms with Crippen LogP contribution in [0.5, 0.6) is 0 Å². The Balaban J connectivity index is 1.64. The van der Waals surface area contributed by atoms with E-state index >= 15 is 0 Å². The second kappa shape index (κ2) is 8.31. The van der Waals surface area contributed by atoms with Gasteiger partial charge in [-0.05, 0) is 54.0 Å². The highest BCUT2D eigenvalue weighted by atomic mass is 14.8. The molecule has 1 saturated carbocycles. The summed E-state index contributed by atoms with van der Waals surface area (Å²) in [6, 6.07) is 18.7. The molecule has 4 rings (SSSR count). The molecule has 156 valence electrons. The van der Waals surface area contributed by atoms with Crippen LogP contribution in [-0.4, -0.2) is 7.05 Å². The number of hydrogen-bond acceptors (Lipinski definition) is 4. The third-order valence-corrected chi connectivity index (χ3v) is 6.62. The van der Waals surface area contributed by atoms with Crippen molar-refractivity contribution >= 4 is 22.7 Å². The summed E-state index contributed by atoms with van der Waals surface area (Å²) in [5.74, 6) is 1.46. The molecule has 30 heavy (non-hydrogen) atoms. The van der Waals surface area contributed by atoms with Gasteiger partial charge in [0.05, 0.1) is 11.4 Å². The van der Waals surface area contributed by atoms with Crippen molar-refractivity contribution < 1.29 is 0 Å². The molecule has 0 atom stereocenters. The maximum absolute atomic E-state index is 6.48. The average Bonchev–Trinajstić information content (AvgIpc) is 2.76. The summed E-state index contributed by atoms with van der Waals surface area (Å²) in [6.45, 7) is 2.35. The minimum atomic E-state index is 0.580. The summed E-state index contributed by atoms with van der Waals surface area (Å²) in [7, 11) is 1.90. The molecule has 0 aliphatic heterocycles. The quantitative estimate of drug-likeness (QED) is 0.398. The minimum Gasteiger partial charge on any atom is -0.398 e. The van der Waals surface area contributed by atoms with Crippen molar-refractivity contribution in [2.45, 2.75) is 38.5 Å². The Hall–Kier alpha value is -3.14. The lowest BCUT2D eigenvalue weighted by atomic mass is 9.79. The average molecular weight is 401 g/mol. The highest BCUT2D eigenvalue weighted by Gasteiger charge is 2.21. The van der Waals surface area contributed by atoms with Crippen LogP contribution in [0.15, 0.2) is 54.6 Å². The van der Waals surface area contributed by atoms with Gasteiger partial charge >= 0.3 is 0 Å². The van der Waals surface area contributed by atoms with E-state index < -0.39 is 0 Å². The van der Waals surface area contributed by atoms with Gasteiger partial charge in [0.25, 0.3) is 0 Å². The first kappa shape index (κ1) is 20.1. The van der Waals surface area contributed by atoms with E-state index in [0.29, 0.717) is 17.3 Å². The molecule has 7 N–H and O–H groups in total. The number of nitrogens with one attached hydrogen (secondary N) is 1. The van der Waals surface area contributed by atoms with Gasteiger partial charge in [-0.25, -0.2) is 0 Å². The highest BCUT2D eigenvalue weighted by molar-refractivity contribution is 5.96. The van der Waals surface area contributed by atoms with Crippen LogP contribution >= 0.6 is 0 Å². The van der Waals surface area contributed by atoms with Crippen molar-refractivity contribution in [1.29, 1.82) is 0 Å². The zero-order valence-electron chi connectivity index (χ0n) is 17.9. The van der Waals surface area contributed by atoms with Gasteiger partial charge in [0.15, 0.2) is 0 Å². The van der Waals surface area contributed by atoms with E-state index in [2.05, 4.69) is 30.4 Å². The van der Waals surface area contributed by atoms with Gasteiger partial charge in [0.1, 0.15) is 0 Å². The molecule has 1 aliphatic carbocycles. The van der Waals surface area contributed by atoms with Crippen LogP contribution in [0, 0.1) is 5.92 Å². The molecule has 0 bridgehead atoms. The largest absolute Gasteiger partial charge is 0.398 e. The first-order valence-electron chi connectivity index (χ1n) is 10.8. The molecule has 0 heterocycles. The second-order valence-corrected chi connectivity index (χ2v) is 8.62. The Morgan fingerprint density at radius 1 is 0.733 bits per heavy atom. The summed E-state index contributed by atoms with van der Waals surface area (Å²) < 4.78 is 0. The molecular formula is C26H32N4. The van der Waals surface area contributed by atoms with E-state index in [1.807, 2.05) is 43.4 Å². The maximum atomic E-state index is 6.48. The van der Waals surface area contributed by atoms with Crippen LogP contribution in [-0.2, 0) is 0 Å². The molecule has 0 amide bonds. The zero-order valence-corrected chi connectivity index (χ0v) is 17.9. The van der Waals surface area contributed by atoms with Crippen molar-refractivity contribution in [3.63, 3.8) is 0 Å². The lowest BCUT2D eigenvalue weighted by Gasteiger charge is -2.27. The SMILES string of the molecule is CNc1ccc(-c2ccc(-c3ccc(C4CCC(C)CC4)cc3N)c(N)c2N)cc1. The molecule has 3 aromatic carbocycles. The summed E-state index contributed by atoms with van der Waals surface area (Å²) >= 11 is 0. The minimum absolute atomic E-state index is 0.580. The van der Waals surface area contributed by atoms with Crippen molar-refractivity contribution in [3.8, 4) is 22.3 Å². The monoisotopic (exact) mass is 400 g/mol. The van der Waals surface area contributed by atoms with Crippen LogP contribution in [0.25, 0.3) is 22.3 Å². The van der Waals surface area contributed by atoms with E-state index in [1.165, 1.54) is 31.2 Å². The fourth-order valence-corrected chi connectivity index (χ4v) is 4.61. The number of nitrogen functional groups attached to an aromatic ring is 3. The first-order chi connectivity index (χ1) is 14.5. The molecule has 0 saturated heterocycles. The van der Waals surface area contributed by atoms with Gasteiger partial charge < -0.3 is 22.5 Å². The van der Waals surface area contributed by atoms with Crippen molar-refractivity contribution in [2.24, 2.45) is 5.92 Å². The van der Waals surface area contributed by atoms with Gasteiger partial charge in [-0.3, -0.25) is 0 Å². The Morgan fingerprint density at radius 3 is 1.97 bits per heavy atom. The van der Waals surface area contributed by atoms with E-state index in [9.17, 15) is 0 Å². The predicted molar refractivity (Wildman–Crippen MR) is 130 cm³/mol. The normalized spacial score (nSPS) is 18.9. The zero-order chi connectivity index (χ0) is 21.3. The Kier molecular flexibility index (Phi) is 5.58. The number of nitrogens with two attached hydrogens (primary N) is 3. The van der Waals surface area contributed by atoms with E-state index in [1.54, 1.807) is 0 Å². The molecule has 0 unspecified atom stereocenters. The van der Waals surface area contributed by atoms with E-state index in [4.69, 9.17) is 17.2 Å². The number of hydrogen-bond donors (Lipinski definition) is 4. The van der Waals surface area contributed by atoms with Gasteiger partial charge in [0, 0.05) is 35.1 Å². The summed E-state index contributed by atoms with van der Waals surface area (Å²) in [6.07, 6.45) is 5.09. The van der Waals surface area contributed by atoms with Crippen LogP contribution in [0.3, 0.4) is 0 Å². The molecule has 1 fully saturated rings. The van der Waals surface area contributed by atoms with Crippen molar-refractivity contribution in [1.82, 2.24) is 0 Å². The lowest BCUT2D eigenvalue weighted by molar-refractivity contribution is 0.348. The van der Waals surface area contributed by atoms with Crippen LogP contribution in [0.4, 0.5) is 22.7 Å². The Morgan fingerprint density at radius 2 is 1.33 bits per heavy atom. The van der Waals surface area contributed by atoms with Gasteiger partial charge in [0.2, 0.25) is 0 Å². The fraction of sp³-hybridized carbons (Fsp3) is 0.308. The number of rotatable bonds is 4. The second-order valence-electron chi connectivity index (χ2n) is 8.62. The summed E-state index contributed by atoms with van der Waals surface area (Å²) in [5, 5.41) is 3.13. The van der Waals surface area contributed by atoms with Crippen molar-refractivity contribution in [2.75, 3.05) is 29.6 Å². The Labute approximate surface area is 179 Å². The molecule has 0 radical (unpaired) electrons. The smallest absolute Gasteiger partial charge is 0.0634 e. The molecule has 1 aliphatic rings. The van der Waals surface area contributed by atoms with E-state index in [0.717, 1.165) is 39.5 Å². The molecule has 0 spiro atoms.